The third-order valence-corrected chi connectivity index (χ3v) is 18.3. The molecule has 2 aromatic heterocycles. The molecule has 5 heteroatoms. The third kappa shape index (κ3) is 5.71. The maximum atomic E-state index is 2.68. The Morgan fingerprint density at radius 2 is 0.620 bits per heavy atom. The minimum Gasteiger partial charge on any atom is -0.302 e. The van der Waals surface area contributed by atoms with Crippen molar-refractivity contribution in [3.05, 3.63) is 199 Å². The number of thiophene rings is 2. The number of benzene rings is 11. The van der Waals surface area contributed by atoms with Gasteiger partial charge in [0.1, 0.15) is 0 Å². The monoisotopic (exact) mass is 944 g/mol. The smallest absolute Gasteiger partial charge is 0.256 e. The summed E-state index contributed by atoms with van der Waals surface area (Å²) in [4.78, 5) is 5.36. The summed E-state index contributed by atoms with van der Waals surface area (Å²) in [6, 6.07) is 72.0. The normalized spacial score (nSPS) is 13.7. The van der Waals surface area contributed by atoms with Crippen LogP contribution in [0.15, 0.2) is 188 Å². The second kappa shape index (κ2) is 14.6. The second-order valence-corrected chi connectivity index (χ2v) is 24.0. The highest BCUT2D eigenvalue weighted by molar-refractivity contribution is 7.29. The van der Waals surface area contributed by atoms with E-state index in [0.717, 1.165) is 0 Å². The molecule has 2 aliphatic rings. The van der Waals surface area contributed by atoms with Crippen molar-refractivity contribution in [2.75, 3.05) is 9.80 Å². The van der Waals surface area contributed by atoms with E-state index in [1.165, 1.54) is 145 Å². The van der Waals surface area contributed by atoms with Crippen LogP contribution in [0.2, 0.25) is 0 Å². The van der Waals surface area contributed by atoms with E-state index in [1.807, 2.05) is 22.7 Å². The molecule has 0 N–H and O–H groups in total. The van der Waals surface area contributed by atoms with Crippen molar-refractivity contribution in [2.24, 2.45) is 0 Å². The highest BCUT2D eigenvalue weighted by Gasteiger charge is 2.47. The first kappa shape index (κ1) is 41.4. The van der Waals surface area contributed by atoms with E-state index in [4.69, 9.17) is 0 Å². The van der Waals surface area contributed by atoms with Crippen molar-refractivity contribution in [3.8, 4) is 0 Å². The lowest BCUT2D eigenvalue weighted by atomic mass is 9.33. The fraction of sp³-hybridized carbons (Fsp3) is 0.121. The summed E-state index contributed by atoms with van der Waals surface area (Å²) in [5.74, 6) is 0. The molecular weight excluding hydrogens is 896 g/mol. The Balaban J connectivity index is 1.13. The molecule has 0 unspecified atom stereocenters. The zero-order chi connectivity index (χ0) is 47.7. The molecule has 0 spiro atoms. The summed E-state index contributed by atoms with van der Waals surface area (Å²) < 4.78 is 2.65. The van der Waals surface area contributed by atoms with Crippen LogP contribution >= 0.6 is 22.7 Å². The Kier molecular flexibility index (Phi) is 8.49. The van der Waals surface area contributed by atoms with Crippen molar-refractivity contribution in [3.63, 3.8) is 0 Å². The molecule has 4 heterocycles. The minimum absolute atomic E-state index is 0.0215. The Morgan fingerprint density at radius 3 is 0.986 bits per heavy atom. The van der Waals surface area contributed by atoms with E-state index < -0.39 is 0 Å². The van der Waals surface area contributed by atoms with Crippen molar-refractivity contribution in [1.82, 2.24) is 0 Å². The van der Waals surface area contributed by atoms with Crippen molar-refractivity contribution in [2.45, 2.75) is 52.4 Å². The van der Waals surface area contributed by atoms with Crippen LogP contribution in [0.3, 0.4) is 0 Å². The fourth-order valence-corrected chi connectivity index (χ4v) is 15.1. The summed E-state index contributed by atoms with van der Waals surface area (Å²) in [7, 11) is 0. The zero-order valence-electron chi connectivity index (χ0n) is 40.7. The number of rotatable bonds is 2. The molecule has 2 nitrogen and oxygen atoms in total. The van der Waals surface area contributed by atoms with Gasteiger partial charge >= 0.3 is 0 Å². The Bertz CT molecular complexity index is 4100. The van der Waals surface area contributed by atoms with Crippen molar-refractivity contribution in [1.29, 1.82) is 0 Å². The van der Waals surface area contributed by atoms with Gasteiger partial charge in [-0.25, -0.2) is 0 Å². The molecule has 13 aromatic rings. The minimum atomic E-state index is -0.0252. The Morgan fingerprint density at radius 1 is 0.310 bits per heavy atom. The maximum Gasteiger partial charge on any atom is 0.256 e. The average Bonchev–Trinajstić information content (AvgIpc) is 3.97. The van der Waals surface area contributed by atoms with Crippen LogP contribution in [-0.2, 0) is 10.8 Å². The number of hydrogen-bond acceptors (Lipinski definition) is 4. The Labute approximate surface area is 422 Å². The highest BCUT2D eigenvalue weighted by atomic mass is 32.1. The number of nitrogens with zero attached hydrogens (tertiary/aromatic N) is 2. The van der Waals surface area contributed by atoms with Gasteiger partial charge in [-0.05, 0) is 139 Å². The summed E-state index contributed by atoms with van der Waals surface area (Å²) in [5, 5.41) is 20.7. The van der Waals surface area contributed by atoms with Crippen molar-refractivity contribution >= 4 is 163 Å². The Hall–Kier alpha value is -7.44. The molecule has 0 radical (unpaired) electrons. The van der Waals surface area contributed by atoms with E-state index in [0.29, 0.717) is 0 Å². The molecule has 0 amide bonds. The number of anilines is 6. The van der Waals surface area contributed by atoms with Gasteiger partial charge in [-0.3, -0.25) is 0 Å². The van der Waals surface area contributed by atoms with Crippen molar-refractivity contribution < 1.29 is 0 Å². The maximum absolute atomic E-state index is 2.68. The third-order valence-electron chi connectivity index (χ3n) is 15.9. The molecule has 15 rings (SSSR count). The summed E-state index contributed by atoms with van der Waals surface area (Å²) >= 11 is 3.92. The molecule has 11 aromatic carbocycles. The summed E-state index contributed by atoms with van der Waals surface area (Å²) in [5.41, 5.74) is 11.8. The largest absolute Gasteiger partial charge is 0.302 e. The molecule has 2 aliphatic heterocycles. The molecule has 338 valence electrons. The van der Waals surface area contributed by atoms with Gasteiger partial charge < -0.3 is 9.80 Å². The number of hydrogen-bond donors (Lipinski definition) is 0. The fourth-order valence-electron chi connectivity index (χ4n) is 12.6. The molecular formula is C66H49BN2S2. The SMILES string of the molecule is CC(C)(C)c1ccc2sc3c(c2c1)B1c2c(cccc2N(c2cccc4c5ccccc5c5ccccc5c24)c2sc4ccc(C(C)(C)C)cc4c21)N3c1cccc2c3ccccc3c3ccccc3c12. The van der Waals surface area contributed by atoms with Gasteiger partial charge in [-0.15, -0.1) is 22.7 Å². The van der Waals surface area contributed by atoms with E-state index >= 15 is 0 Å². The number of fused-ring (bicyclic) bond motifs is 20. The zero-order valence-corrected chi connectivity index (χ0v) is 42.3. The highest BCUT2D eigenvalue weighted by Crippen LogP contribution is 2.54. The topological polar surface area (TPSA) is 6.48 Å². The van der Waals surface area contributed by atoms with Crippen LogP contribution in [-0.4, -0.2) is 6.71 Å². The van der Waals surface area contributed by atoms with Gasteiger partial charge in [-0.1, -0.05) is 193 Å². The summed E-state index contributed by atoms with van der Waals surface area (Å²) in [6.45, 7) is 14.1. The van der Waals surface area contributed by atoms with Gasteiger partial charge in [0, 0.05) is 31.5 Å². The molecule has 0 atom stereocenters. The molecule has 0 saturated carbocycles. The first-order valence-corrected chi connectivity index (χ1v) is 26.7. The molecule has 0 aliphatic carbocycles. The lowest BCUT2D eigenvalue weighted by molar-refractivity contribution is 0.591. The second-order valence-electron chi connectivity index (χ2n) is 22.0. The molecule has 0 fully saturated rings. The van der Waals surface area contributed by atoms with Gasteiger partial charge in [0.05, 0.1) is 21.4 Å². The molecule has 71 heavy (non-hydrogen) atoms. The molecule has 0 bridgehead atoms. The predicted molar refractivity (Wildman–Crippen MR) is 314 cm³/mol. The lowest BCUT2D eigenvalue weighted by Gasteiger charge is -2.42. The summed E-state index contributed by atoms with van der Waals surface area (Å²) in [6.07, 6.45) is 0. The van der Waals surface area contributed by atoms with Crippen LogP contribution < -0.4 is 26.2 Å². The average molecular weight is 945 g/mol. The predicted octanol–water partition coefficient (Wildman–Crippen LogP) is 17.7. The van der Waals surface area contributed by atoms with Crippen LogP contribution in [0, 0.1) is 0 Å². The first-order valence-electron chi connectivity index (χ1n) is 25.0. The van der Waals surface area contributed by atoms with Crippen LogP contribution in [0.1, 0.15) is 52.7 Å². The van der Waals surface area contributed by atoms with Gasteiger partial charge in [0.15, 0.2) is 0 Å². The van der Waals surface area contributed by atoms with Crippen LogP contribution in [0.25, 0.3) is 84.8 Å². The quantitative estimate of drug-likeness (QED) is 0.126. The van der Waals surface area contributed by atoms with Gasteiger partial charge in [0.25, 0.3) is 6.71 Å². The van der Waals surface area contributed by atoms with Gasteiger partial charge in [-0.2, -0.15) is 0 Å². The van der Waals surface area contributed by atoms with E-state index in [9.17, 15) is 0 Å². The van der Waals surface area contributed by atoms with E-state index in [-0.39, 0.29) is 17.5 Å². The van der Waals surface area contributed by atoms with Gasteiger partial charge in [0.2, 0.25) is 0 Å². The van der Waals surface area contributed by atoms with E-state index in [2.05, 4.69) is 239 Å². The first-order chi connectivity index (χ1) is 34.5. The molecule has 0 saturated heterocycles. The van der Waals surface area contributed by atoms with Crippen LogP contribution in [0.4, 0.5) is 32.8 Å². The van der Waals surface area contributed by atoms with E-state index in [1.54, 1.807) is 0 Å². The standard InChI is InChI=1S/C66H49BN2S2/c1-65(2,3)38-32-34-56-50(36-38)60-63(70-56)68(52-28-15-26-48-44-20-9-7-18-40(44)42-22-11-13-24-46(42)58(48)52)54-30-17-31-55-62(54)67(60)61-51-37-39(66(4,5)6)33-35-57(51)71-64(61)69(55)53-29-16-27-49-45-21-10-8-19-41(45)43-23-12-14-25-47(43)59(49)53/h7-37H,1-6H3. The lowest BCUT2D eigenvalue weighted by Crippen LogP contribution is -2.60. The van der Waals surface area contributed by atoms with Crippen LogP contribution in [0.5, 0.6) is 0 Å².